The van der Waals surface area contributed by atoms with Crippen molar-refractivity contribution < 1.29 is 9.18 Å². The molecule has 0 saturated carbocycles. The van der Waals surface area contributed by atoms with Crippen LogP contribution >= 0.6 is 0 Å². The summed E-state index contributed by atoms with van der Waals surface area (Å²) in [7, 11) is 0. The Kier molecular flexibility index (Phi) is 6.54. The largest absolute Gasteiger partial charge is 0.352 e. The van der Waals surface area contributed by atoms with Gasteiger partial charge >= 0.3 is 0 Å². The van der Waals surface area contributed by atoms with Crippen molar-refractivity contribution in [2.45, 2.75) is 32.5 Å². The van der Waals surface area contributed by atoms with E-state index in [0.29, 0.717) is 6.54 Å². The molecule has 0 bridgehead atoms. The number of imidazole rings is 1. The van der Waals surface area contributed by atoms with E-state index in [2.05, 4.69) is 27.3 Å². The van der Waals surface area contributed by atoms with Gasteiger partial charge in [0, 0.05) is 37.9 Å². The smallest absolute Gasteiger partial charge is 0.223 e. The van der Waals surface area contributed by atoms with Crippen LogP contribution in [0.2, 0.25) is 0 Å². The Labute approximate surface area is 176 Å². The van der Waals surface area contributed by atoms with Crippen LogP contribution < -0.4 is 5.32 Å². The number of hydrogen-bond acceptors (Lipinski definition) is 3. The number of halogens is 1. The third kappa shape index (κ3) is 5.54. The highest BCUT2D eigenvalue weighted by molar-refractivity contribution is 5.78. The van der Waals surface area contributed by atoms with Gasteiger partial charge in [-0.25, -0.2) is 9.37 Å². The molecule has 2 heterocycles. The Morgan fingerprint density at radius 3 is 2.53 bits per heavy atom. The number of likely N-dealkylation sites (tertiary alicyclic amines) is 1. The average Bonchev–Trinajstić information content (AvgIpc) is 3.27. The summed E-state index contributed by atoms with van der Waals surface area (Å²) in [6, 6.07) is 14.9. The predicted molar refractivity (Wildman–Crippen MR) is 114 cm³/mol. The molecule has 6 heteroatoms. The Morgan fingerprint density at radius 2 is 1.80 bits per heavy atom. The average molecular weight is 407 g/mol. The first-order valence-corrected chi connectivity index (χ1v) is 10.4. The molecule has 1 N–H and O–H groups in total. The van der Waals surface area contributed by atoms with E-state index < -0.39 is 0 Å². The van der Waals surface area contributed by atoms with Crippen LogP contribution in [0.5, 0.6) is 0 Å². The molecule has 1 amide bonds. The van der Waals surface area contributed by atoms with Gasteiger partial charge in [0.05, 0.1) is 6.33 Å². The van der Waals surface area contributed by atoms with Crippen molar-refractivity contribution in [2.75, 3.05) is 13.1 Å². The fourth-order valence-corrected chi connectivity index (χ4v) is 3.96. The van der Waals surface area contributed by atoms with Gasteiger partial charge in [-0.1, -0.05) is 36.4 Å². The monoisotopic (exact) mass is 406 g/mol. The highest BCUT2D eigenvalue weighted by Gasteiger charge is 2.24. The minimum atomic E-state index is -0.207. The van der Waals surface area contributed by atoms with Gasteiger partial charge in [0.15, 0.2) is 0 Å². The summed E-state index contributed by atoms with van der Waals surface area (Å²) in [5.74, 6) is -0.0126. The van der Waals surface area contributed by atoms with Gasteiger partial charge in [-0.15, -0.1) is 0 Å². The summed E-state index contributed by atoms with van der Waals surface area (Å²) in [6.07, 6.45) is 7.23. The summed E-state index contributed by atoms with van der Waals surface area (Å²) in [5, 5.41) is 3.11. The van der Waals surface area contributed by atoms with Crippen molar-refractivity contribution in [1.82, 2.24) is 19.8 Å². The number of amides is 1. The predicted octanol–water partition coefficient (Wildman–Crippen LogP) is 3.60. The quantitative estimate of drug-likeness (QED) is 0.652. The summed E-state index contributed by atoms with van der Waals surface area (Å²) in [6.45, 7) is 3.89. The molecule has 4 rings (SSSR count). The molecule has 1 aliphatic rings. The Bertz CT molecular complexity index is 948. The van der Waals surface area contributed by atoms with Crippen LogP contribution in [-0.4, -0.2) is 33.4 Å². The lowest BCUT2D eigenvalue weighted by molar-refractivity contribution is -0.126. The van der Waals surface area contributed by atoms with Gasteiger partial charge in [-0.05, 0) is 54.8 Å². The molecule has 5 nitrogen and oxygen atoms in total. The number of benzene rings is 2. The standard InChI is InChI=1S/C24H27FN4O/c25-23-6-4-19(5-7-23)16-28-11-8-22(9-12-28)24(30)27-15-20-2-1-3-21(14-20)17-29-13-10-26-18-29/h1-7,10,13-14,18,22H,8-9,11-12,15-17H2,(H,27,30). The van der Waals surface area contributed by atoms with Crippen molar-refractivity contribution in [3.8, 4) is 0 Å². The molecule has 2 aromatic carbocycles. The molecule has 3 aromatic rings. The Balaban J connectivity index is 1.23. The maximum atomic E-state index is 13.0. The van der Waals surface area contributed by atoms with Gasteiger partial charge in [0.25, 0.3) is 0 Å². The minimum Gasteiger partial charge on any atom is -0.352 e. The zero-order valence-electron chi connectivity index (χ0n) is 17.0. The maximum Gasteiger partial charge on any atom is 0.223 e. The topological polar surface area (TPSA) is 50.2 Å². The second-order valence-electron chi connectivity index (χ2n) is 7.95. The summed E-state index contributed by atoms with van der Waals surface area (Å²) >= 11 is 0. The van der Waals surface area contributed by atoms with E-state index in [1.165, 1.54) is 17.7 Å². The number of nitrogens with zero attached hydrogens (tertiary/aromatic N) is 3. The highest BCUT2D eigenvalue weighted by atomic mass is 19.1. The first-order chi connectivity index (χ1) is 14.7. The molecule has 1 saturated heterocycles. The second kappa shape index (κ2) is 9.67. The lowest BCUT2D eigenvalue weighted by Gasteiger charge is -2.31. The molecule has 1 fully saturated rings. The molecule has 30 heavy (non-hydrogen) atoms. The second-order valence-corrected chi connectivity index (χ2v) is 7.95. The SMILES string of the molecule is O=C(NCc1cccc(Cn2ccnc2)c1)C1CCN(Cc2ccc(F)cc2)CC1. The number of carbonyl (C=O) groups excluding carboxylic acids is 1. The number of nitrogens with one attached hydrogen (secondary N) is 1. The summed E-state index contributed by atoms with van der Waals surface area (Å²) < 4.78 is 15.1. The van der Waals surface area contributed by atoms with E-state index >= 15 is 0 Å². The Morgan fingerprint density at radius 1 is 1.03 bits per heavy atom. The van der Waals surface area contributed by atoms with Crippen LogP contribution in [-0.2, 0) is 24.4 Å². The van der Waals surface area contributed by atoms with E-state index in [1.807, 2.05) is 35.0 Å². The van der Waals surface area contributed by atoms with Crippen LogP contribution in [0.1, 0.15) is 29.5 Å². The van der Waals surface area contributed by atoms with E-state index in [1.54, 1.807) is 12.5 Å². The van der Waals surface area contributed by atoms with Crippen LogP contribution in [0.3, 0.4) is 0 Å². The van der Waals surface area contributed by atoms with Crippen LogP contribution in [0.4, 0.5) is 4.39 Å². The first kappa shape index (κ1) is 20.3. The normalized spacial score (nSPS) is 15.2. The number of hydrogen-bond donors (Lipinski definition) is 1. The van der Waals surface area contributed by atoms with Crippen molar-refractivity contribution in [1.29, 1.82) is 0 Å². The molecule has 0 radical (unpaired) electrons. The molecular weight excluding hydrogens is 379 g/mol. The van der Waals surface area contributed by atoms with Crippen LogP contribution in [0.25, 0.3) is 0 Å². The molecule has 0 unspecified atom stereocenters. The van der Waals surface area contributed by atoms with Crippen molar-refractivity contribution in [3.05, 3.63) is 89.8 Å². The summed E-state index contributed by atoms with van der Waals surface area (Å²) in [4.78, 5) is 19.0. The van der Waals surface area contributed by atoms with Crippen LogP contribution in [0, 0.1) is 11.7 Å². The number of aromatic nitrogens is 2. The van der Waals surface area contributed by atoms with Gasteiger partial charge in [0.1, 0.15) is 5.82 Å². The lowest BCUT2D eigenvalue weighted by atomic mass is 9.95. The number of rotatable bonds is 7. The third-order valence-electron chi connectivity index (χ3n) is 5.66. The van der Waals surface area contributed by atoms with E-state index in [9.17, 15) is 9.18 Å². The number of piperidine rings is 1. The maximum absolute atomic E-state index is 13.0. The zero-order chi connectivity index (χ0) is 20.8. The molecule has 0 spiro atoms. The van der Waals surface area contributed by atoms with Crippen molar-refractivity contribution in [2.24, 2.45) is 5.92 Å². The fraction of sp³-hybridized carbons (Fsp3) is 0.333. The molecular formula is C24H27FN4O. The van der Waals surface area contributed by atoms with Gasteiger partial charge < -0.3 is 9.88 Å². The van der Waals surface area contributed by atoms with Gasteiger partial charge in [-0.2, -0.15) is 0 Å². The van der Waals surface area contributed by atoms with Gasteiger partial charge in [0.2, 0.25) is 5.91 Å². The third-order valence-corrected chi connectivity index (χ3v) is 5.66. The summed E-state index contributed by atoms with van der Waals surface area (Å²) in [5.41, 5.74) is 3.40. The zero-order valence-corrected chi connectivity index (χ0v) is 17.0. The number of carbonyl (C=O) groups is 1. The first-order valence-electron chi connectivity index (χ1n) is 10.4. The van der Waals surface area contributed by atoms with E-state index in [0.717, 1.165) is 50.1 Å². The Hall–Kier alpha value is -2.99. The molecule has 1 aromatic heterocycles. The van der Waals surface area contributed by atoms with Crippen molar-refractivity contribution in [3.63, 3.8) is 0 Å². The molecule has 1 aliphatic heterocycles. The fourth-order valence-electron chi connectivity index (χ4n) is 3.96. The molecule has 0 aliphatic carbocycles. The molecule has 156 valence electrons. The lowest BCUT2D eigenvalue weighted by Crippen LogP contribution is -2.40. The van der Waals surface area contributed by atoms with Gasteiger partial charge in [-0.3, -0.25) is 9.69 Å². The van der Waals surface area contributed by atoms with E-state index in [4.69, 9.17) is 0 Å². The molecule has 0 atom stereocenters. The van der Waals surface area contributed by atoms with E-state index in [-0.39, 0.29) is 17.6 Å². The minimum absolute atomic E-state index is 0.0589. The highest BCUT2D eigenvalue weighted by Crippen LogP contribution is 2.20. The van der Waals surface area contributed by atoms with Crippen LogP contribution in [0.15, 0.2) is 67.3 Å². The van der Waals surface area contributed by atoms with Crippen molar-refractivity contribution >= 4 is 5.91 Å².